The van der Waals surface area contributed by atoms with Crippen molar-refractivity contribution < 1.29 is 28.7 Å². The maximum absolute atomic E-state index is 12.4. The second kappa shape index (κ2) is 25.3. The molecule has 0 atom stereocenters. The molecule has 0 saturated carbocycles. The number of benzene rings is 3. The topological polar surface area (TPSA) is 125 Å². The van der Waals surface area contributed by atoms with E-state index >= 15 is 0 Å². The van der Waals surface area contributed by atoms with Crippen LogP contribution in [0.25, 0.3) is 12.2 Å². The van der Waals surface area contributed by atoms with Gasteiger partial charge in [0, 0.05) is 37.1 Å². The second-order valence-electron chi connectivity index (χ2n) is 12.4. The quantitative estimate of drug-likeness (QED) is 0.0512. The summed E-state index contributed by atoms with van der Waals surface area (Å²) in [5.74, 6) is -0.236. The minimum atomic E-state index is -0.147. The molecule has 0 fully saturated rings. The minimum absolute atomic E-state index is 0.0298. The number of nitrogens with one attached hydrogen (secondary N) is 1. The molecule has 0 saturated heterocycles. The van der Waals surface area contributed by atoms with E-state index in [4.69, 9.17) is 5.73 Å². The fraction of sp³-hybridized carbons (Fsp3) is 0.429. The number of hydrogen-bond donors (Lipinski definition) is 2. The number of nitrogens with two attached hydrogens (primary N) is 1. The summed E-state index contributed by atoms with van der Waals surface area (Å²) < 4.78 is 9.18. The highest BCUT2D eigenvalue weighted by atomic mass is 16.5. The lowest BCUT2D eigenvalue weighted by Crippen LogP contribution is -2.12. The van der Waals surface area contributed by atoms with Crippen molar-refractivity contribution in [1.82, 2.24) is 0 Å². The lowest BCUT2D eigenvalue weighted by molar-refractivity contribution is -0.141. The molecule has 270 valence electrons. The standard InChI is InChI=1S/C31H36N2O3.C11H20O3/c1-23-11-13-24(14-12-23)31(25-15-19-27(32)20-16-25)26-17-21-28(22-18-26)33-29(34)9-7-5-3-4-6-8-10-30(35)36-2;1-14-11(13)9-7-5-3-2-4-6-8-10-12/h11-22H,1,3-10,32H2,2H3,(H,33,34);10H,2-9H2,1H3. The van der Waals surface area contributed by atoms with Gasteiger partial charge in [-0.05, 0) is 77.1 Å². The monoisotopic (exact) mass is 684 g/mol. The Hall–Kier alpha value is -4.72. The normalized spacial score (nSPS) is 10.4. The highest BCUT2D eigenvalue weighted by molar-refractivity contribution is 5.91. The SMILES string of the molecule is C=c1ccc(=C(c2ccc(N)cc2)c2ccc(NC(=O)CCCCCCCCC(=O)OC)cc2)cc1.COC(=O)CCCCCCCCC=O. The number of methoxy groups -OCH3 is 2. The van der Waals surface area contributed by atoms with E-state index in [0.29, 0.717) is 25.7 Å². The van der Waals surface area contributed by atoms with Crippen LogP contribution < -0.4 is 21.5 Å². The molecule has 0 bridgehead atoms. The van der Waals surface area contributed by atoms with Crippen LogP contribution in [0.3, 0.4) is 0 Å². The fourth-order valence-electron chi connectivity index (χ4n) is 5.44. The van der Waals surface area contributed by atoms with Crippen molar-refractivity contribution in [2.24, 2.45) is 0 Å². The highest BCUT2D eigenvalue weighted by Gasteiger charge is 2.09. The molecule has 3 N–H and O–H groups in total. The maximum atomic E-state index is 12.4. The molecule has 0 radical (unpaired) electrons. The molecule has 3 aromatic rings. The van der Waals surface area contributed by atoms with E-state index in [1.165, 1.54) is 14.2 Å². The van der Waals surface area contributed by atoms with Crippen molar-refractivity contribution in [3.05, 3.63) is 94.4 Å². The van der Waals surface area contributed by atoms with Crippen molar-refractivity contribution in [2.75, 3.05) is 25.3 Å². The number of aldehydes is 1. The van der Waals surface area contributed by atoms with E-state index in [9.17, 15) is 19.2 Å². The van der Waals surface area contributed by atoms with Gasteiger partial charge in [-0.1, -0.05) is 106 Å². The number of amides is 1. The van der Waals surface area contributed by atoms with Crippen molar-refractivity contribution in [2.45, 2.75) is 103 Å². The Kier molecular flexibility index (Phi) is 21.0. The van der Waals surface area contributed by atoms with E-state index < -0.39 is 0 Å². The summed E-state index contributed by atoms with van der Waals surface area (Å²) in [7, 11) is 2.84. The molecular formula is C42H56N2O6. The number of carbonyl (C=O) groups is 4. The summed E-state index contributed by atoms with van der Waals surface area (Å²) in [5, 5.41) is 5.07. The zero-order valence-corrected chi connectivity index (χ0v) is 30.1. The summed E-state index contributed by atoms with van der Waals surface area (Å²) in [6.07, 6.45) is 15.5. The Labute approximate surface area is 298 Å². The van der Waals surface area contributed by atoms with E-state index in [1.807, 2.05) is 60.7 Å². The molecular weight excluding hydrogens is 628 g/mol. The van der Waals surface area contributed by atoms with Gasteiger partial charge in [0.25, 0.3) is 0 Å². The third kappa shape index (κ3) is 17.6. The average Bonchev–Trinajstić information content (AvgIpc) is 3.13. The van der Waals surface area contributed by atoms with Crippen molar-refractivity contribution in [1.29, 1.82) is 0 Å². The first-order chi connectivity index (χ1) is 24.3. The third-order valence-electron chi connectivity index (χ3n) is 8.34. The number of rotatable bonds is 21. The van der Waals surface area contributed by atoms with E-state index in [0.717, 1.165) is 122 Å². The predicted octanol–water partition coefficient (Wildman–Crippen LogP) is 7.64. The van der Waals surface area contributed by atoms with Crippen molar-refractivity contribution in [3.63, 3.8) is 0 Å². The van der Waals surface area contributed by atoms with Gasteiger partial charge in [-0.2, -0.15) is 0 Å². The molecule has 50 heavy (non-hydrogen) atoms. The molecule has 0 aliphatic rings. The Morgan fingerprint density at radius 3 is 1.54 bits per heavy atom. The summed E-state index contributed by atoms with van der Waals surface area (Å²) in [4.78, 5) is 44.2. The summed E-state index contributed by atoms with van der Waals surface area (Å²) >= 11 is 0. The van der Waals surface area contributed by atoms with E-state index in [2.05, 4.69) is 33.5 Å². The molecule has 0 aliphatic heterocycles. The Bertz CT molecular complexity index is 1530. The number of hydrogen-bond acceptors (Lipinski definition) is 7. The van der Waals surface area contributed by atoms with Crippen LogP contribution in [0, 0.1) is 0 Å². The van der Waals surface area contributed by atoms with Gasteiger partial charge >= 0.3 is 11.9 Å². The first kappa shape index (κ1) is 41.5. The van der Waals surface area contributed by atoms with Gasteiger partial charge in [0.15, 0.2) is 0 Å². The zero-order chi connectivity index (χ0) is 36.4. The van der Waals surface area contributed by atoms with Gasteiger partial charge in [0.2, 0.25) is 5.91 Å². The number of unbranched alkanes of at least 4 members (excludes halogenated alkanes) is 11. The zero-order valence-electron chi connectivity index (χ0n) is 30.1. The van der Waals surface area contributed by atoms with Crippen LogP contribution in [0.5, 0.6) is 0 Å². The van der Waals surface area contributed by atoms with Crippen LogP contribution in [0.1, 0.15) is 114 Å². The predicted molar refractivity (Wildman–Crippen MR) is 203 cm³/mol. The van der Waals surface area contributed by atoms with Crippen LogP contribution in [-0.2, 0) is 28.7 Å². The van der Waals surface area contributed by atoms with E-state index in [-0.39, 0.29) is 17.8 Å². The molecule has 0 aromatic heterocycles. The average molecular weight is 685 g/mol. The van der Waals surface area contributed by atoms with Gasteiger partial charge < -0.3 is 25.3 Å². The molecule has 3 rings (SSSR count). The second-order valence-corrected chi connectivity index (χ2v) is 12.4. The van der Waals surface area contributed by atoms with E-state index in [1.54, 1.807) is 0 Å². The fourth-order valence-corrected chi connectivity index (χ4v) is 5.44. The van der Waals surface area contributed by atoms with Gasteiger partial charge in [-0.3, -0.25) is 14.4 Å². The Balaban J connectivity index is 0.000000523. The summed E-state index contributed by atoms with van der Waals surface area (Å²) in [5.41, 5.74) is 10.6. The first-order valence-corrected chi connectivity index (χ1v) is 17.9. The number of ether oxygens (including phenoxy) is 2. The maximum Gasteiger partial charge on any atom is 0.305 e. The lowest BCUT2D eigenvalue weighted by Gasteiger charge is -2.11. The molecule has 0 heterocycles. The Morgan fingerprint density at radius 2 is 1.06 bits per heavy atom. The van der Waals surface area contributed by atoms with Crippen LogP contribution in [-0.4, -0.2) is 38.4 Å². The van der Waals surface area contributed by atoms with Crippen molar-refractivity contribution >= 4 is 47.7 Å². The van der Waals surface area contributed by atoms with Crippen molar-refractivity contribution in [3.8, 4) is 0 Å². The number of esters is 2. The minimum Gasteiger partial charge on any atom is -0.469 e. The largest absolute Gasteiger partial charge is 0.469 e. The highest BCUT2D eigenvalue weighted by Crippen LogP contribution is 2.24. The number of nitrogen functional groups attached to an aromatic ring is 1. The van der Waals surface area contributed by atoms with Crippen LogP contribution in [0.4, 0.5) is 11.4 Å². The third-order valence-corrected chi connectivity index (χ3v) is 8.34. The van der Waals surface area contributed by atoms with Gasteiger partial charge in [0.1, 0.15) is 6.29 Å². The van der Waals surface area contributed by atoms with Crippen LogP contribution >= 0.6 is 0 Å². The number of carbonyl (C=O) groups excluding carboxylic acids is 4. The summed E-state index contributed by atoms with van der Waals surface area (Å²) in [6.45, 7) is 3.99. The molecule has 8 nitrogen and oxygen atoms in total. The molecule has 0 unspecified atom stereocenters. The van der Waals surface area contributed by atoms with Gasteiger partial charge in [-0.15, -0.1) is 0 Å². The lowest BCUT2D eigenvalue weighted by atomic mass is 9.95. The molecule has 8 heteroatoms. The smallest absolute Gasteiger partial charge is 0.305 e. The van der Waals surface area contributed by atoms with Crippen LogP contribution in [0.15, 0.2) is 72.8 Å². The first-order valence-electron chi connectivity index (χ1n) is 17.9. The number of anilines is 2. The molecule has 1 amide bonds. The van der Waals surface area contributed by atoms with Crippen LogP contribution in [0.2, 0.25) is 0 Å². The summed E-state index contributed by atoms with van der Waals surface area (Å²) in [6, 6.07) is 24.0. The van der Waals surface area contributed by atoms with Gasteiger partial charge in [-0.25, -0.2) is 0 Å². The molecule has 0 spiro atoms. The Morgan fingerprint density at radius 1 is 0.620 bits per heavy atom. The molecule has 3 aromatic carbocycles. The van der Waals surface area contributed by atoms with Gasteiger partial charge in [0.05, 0.1) is 14.2 Å². The molecule has 0 aliphatic carbocycles.